The molecule has 0 aliphatic heterocycles. The van der Waals surface area contributed by atoms with Gasteiger partial charge in [-0.3, -0.25) is 9.11 Å². The van der Waals surface area contributed by atoms with Crippen molar-refractivity contribution in [3.05, 3.63) is 36.4 Å². The molecule has 0 unspecified atom stereocenters. The van der Waals surface area contributed by atoms with Crippen LogP contribution in [0.1, 0.15) is 0 Å². The molecule has 8 nitrogen and oxygen atoms in total. The van der Waals surface area contributed by atoms with E-state index in [-0.39, 0.29) is 80.8 Å². The summed E-state index contributed by atoms with van der Waals surface area (Å²) in [6, 6.07) is 7.53. The monoisotopic (exact) mass is 372 g/mol. The number of benzene rings is 2. The van der Waals surface area contributed by atoms with Gasteiger partial charge in [0.15, 0.2) is 0 Å². The molecular weight excluding hydrogens is 358 g/mol. The van der Waals surface area contributed by atoms with Gasteiger partial charge in [0.1, 0.15) is 9.79 Å². The van der Waals surface area contributed by atoms with Gasteiger partial charge < -0.3 is 11.0 Å². The molecule has 0 aromatic heterocycles. The van der Waals surface area contributed by atoms with Crippen LogP contribution < -0.4 is 0 Å². The van der Waals surface area contributed by atoms with Crippen molar-refractivity contribution in [3.8, 4) is 0 Å². The van der Waals surface area contributed by atoms with Crippen LogP contribution in [-0.4, -0.2) is 96.0 Å². The van der Waals surface area contributed by atoms with Crippen molar-refractivity contribution in [2.45, 2.75) is 9.79 Å². The molecule has 0 aliphatic rings. The summed E-state index contributed by atoms with van der Waals surface area (Å²) in [5, 5.41) is 0.0465. The van der Waals surface area contributed by atoms with Gasteiger partial charge in [-0.2, -0.15) is 16.8 Å². The number of rotatable bonds is 2. The molecule has 12 heteroatoms. The van der Waals surface area contributed by atoms with Gasteiger partial charge in [0.05, 0.1) is 0 Å². The van der Waals surface area contributed by atoms with E-state index in [9.17, 15) is 16.8 Å². The molecule has 0 amide bonds. The first-order valence-electron chi connectivity index (χ1n) is 4.68. The first-order chi connectivity index (χ1) is 8.21. The Hall–Kier alpha value is 0.440. The van der Waals surface area contributed by atoms with E-state index < -0.39 is 30.0 Å². The van der Waals surface area contributed by atoms with Crippen LogP contribution in [0.5, 0.6) is 0 Å². The fourth-order valence-electron chi connectivity index (χ4n) is 1.70. The van der Waals surface area contributed by atoms with E-state index in [0.29, 0.717) is 0 Å². The van der Waals surface area contributed by atoms with Gasteiger partial charge in [-0.15, -0.1) is 0 Å². The van der Waals surface area contributed by atoms with Gasteiger partial charge in [-0.25, -0.2) is 0 Å². The van der Waals surface area contributed by atoms with E-state index in [1.54, 1.807) is 0 Å². The van der Waals surface area contributed by atoms with Gasteiger partial charge in [0, 0.05) is 10.8 Å². The molecule has 22 heavy (non-hydrogen) atoms. The van der Waals surface area contributed by atoms with E-state index in [1.165, 1.54) is 24.3 Å². The molecule has 0 atom stereocenters. The van der Waals surface area contributed by atoms with Gasteiger partial charge in [0.25, 0.3) is 20.2 Å². The molecule has 0 bridgehead atoms. The van der Waals surface area contributed by atoms with E-state index in [1.807, 2.05) is 0 Å². The van der Waals surface area contributed by atoms with Crippen molar-refractivity contribution in [2.75, 3.05) is 0 Å². The third-order valence-corrected chi connectivity index (χ3v) is 4.22. The van der Waals surface area contributed by atoms with Gasteiger partial charge in [-0.1, -0.05) is 24.3 Å². The summed E-state index contributed by atoms with van der Waals surface area (Å²) >= 11 is 0. The Morgan fingerprint density at radius 3 is 1.14 bits per heavy atom. The Labute approximate surface area is 171 Å². The van der Waals surface area contributed by atoms with Crippen molar-refractivity contribution in [2.24, 2.45) is 0 Å². The molecule has 116 valence electrons. The van der Waals surface area contributed by atoms with E-state index in [0.717, 1.165) is 12.1 Å². The SMILES string of the molecule is O.O.O=S(=O)(O)c1cccc2c(S(=O)(=O)O)cccc12.[NaH].[NaH]. The van der Waals surface area contributed by atoms with Crippen LogP contribution in [0.15, 0.2) is 46.2 Å². The van der Waals surface area contributed by atoms with Crippen LogP contribution in [0.3, 0.4) is 0 Å². The maximum atomic E-state index is 11.2. The van der Waals surface area contributed by atoms with Crippen LogP contribution >= 0.6 is 0 Å². The Balaban J connectivity index is -0.000000902. The molecule has 2 aromatic rings. The summed E-state index contributed by atoms with van der Waals surface area (Å²) in [4.78, 5) is -0.823. The molecule has 6 N–H and O–H groups in total. The van der Waals surface area contributed by atoms with Crippen LogP contribution in [0.4, 0.5) is 0 Å². The first-order valence-corrected chi connectivity index (χ1v) is 7.56. The summed E-state index contributed by atoms with van der Waals surface area (Å²) in [6.45, 7) is 0. The van der Waals surface area contributed by atoms with Crippen molar-refractivity contribution >= 4 is 90.1 Å². The number of hydrogen-bond donors (Lipinski definition) is 2. The summed E-state index contributed by atoms with van der Waals surface area (Å²) in [5.74, 6) is 0. The first kappa shape index (κ1) is 27.3. The fourth-order valence-corrected chi connectivity index (χ4v) is 3.12. The van der Waals surface area contributed by atoms with Crippen molar-refractivity contribution < 1.29 is 36.9 Å². The van der Waals surface area contributed by atoms with E-state index in [2.05, 4.69) is 0 Å². The van der Waals surface area contributed by atoms with Gasteiger partial charge in [-0.05, 0) is 12.1 Å². The fraction of sp³-hybridized carbons (Fsp3) is 0. The second-order valence-corrected chi connectivity index (χ2v) is 6.34. The van der Waals surface area contributed by atoms with Crippen molar-refractivity contribution in [3.63, 3.8) is 0 Å². The average Bonchev–Trinajstić information content (AvgIpc) is 2.24. The zero-order valence-electron chi connectivity index (χ0n) is 9.81. The molecule has 0 aliphatic carbocycles. The molecular formula is C10H14Na2O8S2. The minimum atomic E-state index is -4.47. The molecule has 0 heterocycles. The van der Waals surface area contributed by atoms with E-state index in [4.69, 9.17) is 9.11 Å². The molecule has 2 rings (SSSR count). The Bertz CT molecular complexity index is 762. The van der Waals surface area contributed by atoms with Crippen molar-refractivity contribution in [1.29, 1.82) is 0 Å². The Morgan fingerprint density at radius 1 is 0.636 bits per heavy atom. The molecule has 0 spiro atoms. The van der Waals surface area contributed by atoms with E-state index >= 15 is 0 Å². The second kappa shape index (κ2) is 9.67. The number of hydrogen-bond acceptors (Lipinski definition) is 4. The zero-order chi connectivity index (χ0) is 13.6. The van der Waals surface area contributed by atoms with Crippen LogP contribution in [0, 0.1) is 0 Å². The van der Waals surface area contributed by atoms with Gasteiger partial charge >= 0.3 is 59.1 Å². The predicted molar refractivity (Wildman–Crippen MR) is 85.1 cm³/mol. The average molecular weight is 372 g/mol. The minimum absolute atomic E-state index is 0. The summed E-state index contributed by atoms with van der Waals surface area (Å²) in [7, 11) is -8.94. The summed E-state index contributed by atoms with van der Waals surface area (Å²) in [5.41, 5.74) is 0. The third-order valence-electron chi connectivity index (χ3n) is 2.40. The van der Waals surface area contributed by atoms with Gasteiger partial charge in [0.2, 0.25) is 0 Å². The molecule has 0 saturated heterocycles. The third kappa shape index (κ3) is 5.82. The molecule has 2 aromatic carbocycles. The zero-order valence-corrected chi connectivity index (χ0v) is 11.4. The van der Waals surface area contributed by atoms with Crippen LogP contribution in [-0.2, 0) is 20.2 Å². The second-order valence-electron chi connectivity index (χ2n) is 3.56. The maximum absolute atomic E-state index is 11.2. The topological polar surface area (TPSA) is 172 Å². The normalized spacial score (nSPS) is 10.5. The standard InChI is InChI=1S/C10H8O6S2.2Na.2H2O.2H/c11-17(12,13)9-5-1-3-7-8(9)4-2-6-10(7)18(14,15)16;;;;;;/h1-6H,(H,11,12,13)(H,14,15,16);;;2*1H2;;. The molecule has 0 radical (unpaired) electrons. The van der Waals surface area contributed by atoms with Crippen LogP contribution in [0.2, 0.25) is 0 Å². The van der Waals surface area contributed by atoms with Crippen molar-refractivity contribution in [1.82, 2.24) is 0 Å². The Kier molecular flexibility index (Phi) is 12.0. The Morgan fingerprint density at radius 2 is 0.909 bits per heavy atom. The molecule has 0 fully saturated rings. The summed E-state index contributed by atoms with van der Waals surface area (Å²) in [6.07, 6.45) is 0. The van der Waals surface area contributed by atoms with Crippen LogP contribution in [0.25, 0.3) is 10.8 Å². The number of fused-ring (bicyclic) bond motifs is 1. The quantitative estimate of drug-likeness (QED) is 0.474. The molecule has 0 saturated carbocycles. The predicted octanol–water partition coefficient (Wildman–Crippen LogP) is -1.61. The summed E-state index contributed by atoms with van der Waals surface area (Å²) < 4.78 is 62.7.